The third-order valence-electron chi connectivity index (χ3n) is 2.78. The highest BCUT2D eigenvalue weighted by Gasteiger charge is 2.13. The number of hydrogen-bond donors (Lipinski definition) is 0. The van der Waals surface area contributed by atoms with Crippen molar-refractivity contribution in [2.45, 2.75) is 0 Å². The number of hydrogen-bond acceptors (Lipinski definition) is 3. The molecular weight excluding hydrogens is 298 g/mol. The van der Waals surface area contributed by atoms with Crippen LogP contribution in [0.15, 0.2) is 48.5 Å². The average Bonchev–Trinajstić information content (AvgIpc) is 2.74. The number of benzene rings is 2. The summed E-state index contributed by atoms with van der Waals surface area (Å²) in [6.45, 7) is 0. The van der Waals surface area contributed by atoms with E-state index >= 15 is 0 Å². The maximum atomic E-state index is 12.5. The zero-order valence-corrected chi connectivity index (χ0v) is 12.1. The molecule has 3 rings (SSSR count). The fraction of sp³-hybridized carbons (Fsp3) is 0. The number of para-hydroxylation sites is 1. The van der Waals surface area contributed by atoms with Gasteiger partial charge in [0.1, 0.15) is 0 Å². The molecule has 0 bridgehead atoms. The van der Waals surface area contributed by atoms with Gasteiger partial charge >= 0.3 is 0 Å². The largest absolute Gasteiger partial charge is 0.268 e. The van der Waals surface area contributed by atoms with E-state index in [1.165, 1.54) is 11.3 Å². The number of halogens is 1. The summed E-state index contributed by atoms with van der Waals surface area (Å²) in [4.78, 5) is 12.5. The van der Waals surface area contributed by atoms with Gasteiger partial charge < -0.3 is 0 Å². The van der Waals surface area contributed by atoms with E-state index in [9.17, 15) is 4.79 Å². The number of nitrogens with zero attached hydrogens (tertiary/aromatic N) is 1. The number of fused-ring (bicyclic) bond motifs is 1. The Morgan fingerprint density at radius 3 is 2.53 bits per heavy atom. The first kappa shape index (κ1) is 12.5. The summed E-state index contributed by atoms with van der Waals surface area (Å²) in [5, 5.41) is 0.607. The maximum absolute atomic E-state index is 12.5. The normalized spacial score (nSPS) is 10.8. The second-order valence-corrected chi connectivity index (χ2v) is 6.10. The predicted octanol–water partition coefficient (Wildman–Crippen LogP) is 4.77. The molecule has 5 heteroatoms. The van der Waals surface area contributed by atoms with Crippen molar-refractivity contribution in [3.8, 4) is 0 Å². The second kappa shape index (κ2) is 4.89. The first-order valence-corrected chi connectivity index (χ1v) is 7.18. The molecule has 0 radical (unpaired) electrons. The standard InChI is InChI=1S/C14H8ClNOS2/c15-10-7-5-9(6-8-10)13(17)16-11-3-1-2-4-12(11)19-14(16)18/h1-8H. The lowest BCUT2D eigenvalue weighted by molar-refractivity contribution is 0.0964. The minimum Gasteiger partial charge on any atom is -0.268 e. The van der Waals surface area contributed by atoms with Crippen LogP contribution >= 0.6 is 35.2 Å². The minimum absolute atomic E-state index is 0.126. The van der Waals surface area contributed by atoms with Crippen molar-refractivity contribution in [3.63, 3.8) is 0 Å². The molecule has 0 aliphatic carbocycles. The Balaban J connectivity index is 2.19. The summed E-state index contributed by atoms with van der Waals surface area (Å²) in [5.41, 5.74) is 1.42. The van der Waals surface area contributed by atoms with Crippen molar-refractivity contribution in [1.29, 1.82) is 0 Å². The first-order chi connectivity index (χ1) is 9.16. The molecule has 0 saturated carbocycles. The van der Waals surface area contributed by atoms with E-state index in [4.69, 9.17) is 23.8 Å². The van der Waals surface area contributed by atoms with Gasteiger partial charge in [-0.25, -0.2) is 0 Å². The van der Waals surface area contributed by atoms with Gasteiger partial charge in [-0.15, -0.1) is 11.3 Å². The van der Waals surface area contributed by atoms with E-state index in [2.05, 4.69) is 0 Å². The van der Waals surface area contributed by atoms with E-state index in [1.54, 1.807) is 28.8 Å². The Hall–Kier alpha value is -1.49. The summed E-state index contributed by atoms with van der Waals surface area (Å²) >= 11 is 12.6. The molecule has 2 aromatic carbocycles. The van der Waals surface area contributed by atoms with Crippen LogP contribution in [0.3, 0.4) is 0 Å². The molecule has 0 aliphatic rings. The zero-order chi connectivity index (χ0) is 13.4. The molecule has 2 nitrogen and oxygen atoms in total. The van der Waals surface area contributed by atoms with Crippen LogP contribution in [-0.2, 0) is 0 Å². The Labute approximate surface area is 123 Å². The lowest BCUT2D eigenvalue weighted by Crippen LogP contribution is -2.11. The van der Waals surface area contributed by atoms with Crippen molar-refractivity contribution in [2.24, 2.45) is 0 Å². The van der Waals surface area contributed by atoms with Crippen molar-refractivity contribution in [2.75, 3.05) is 0 Å². The fourth-order valence-corrected chi connectivity index (χ4v) is 3.33. The molecule has 1 aromatic heterocycles. The van der Waals surface area contributed by atoms with Gasteiger partial charge in [-0.1, -0.05) is 23.7 Å². The van der Waals surface area contributed by atoms with Crippen LogP contribution in [-0.4, -0.2) is 10.5 Å². The van der Waals surface area contributed by atoms with Gasteiger partial charge in [0.2, 0.25) is 0 Å². The van der Waals surface area contributed by atoms with Gasteiger partial charge in [0.25, 0.3) is 5.91 Å². The smallest absolute Gasteiger partial charge is 0.264 e. The molecule has 0 saturated heterocycles. The van der Waals surface area contributed by atoms with E-state index in [0.29, 0.717) is 14.5 Å². The van der Waals surface area contributed by atoms with Gasteiger partial charge in [-0.3, -0.25) is 9.36 Å². The lowest BCUT2D eigenvalue weighted by Gasteiger charge is -2.03. The highest BCUT2D eigenvalue weighted by Crippen LogP contribution is 2.24. The molecule has 0 N–H and O–H groups in total. The third-order valence-corrected chi connectivity index (χ3v) is 4.39. The van der Waals surface area contributed by atoms with Gasteiger partial charge in [0.15, 0.2) is 3.95 Å². The molecule has 19 heavy (non-hydrogen) atoms. The van der Waals surface area contributed by atoms with Gasteiger partial charge in [-0.05, 0) is 48.6 Å². The lowest BCUT2D eigenvalue weighted by atomic mass is 10.2. The summed E-state index contributed by atoms with van der Waals surface area (Å²) in [6, 6.07) is 14.5. The molecule has 0 atom stereocenters. The average molecular weight is 306 g/mol. The van der Waals surface area contributed by atoms with E-state index in [0.717, 1.165) is 10.2 Å². The number of aromatic nitrogens is 1. The van der Waals surface area contributed by atoms with Crippen molar-refractivity contribution >= 4 is 51.3 Å². The summed E-state index contributed by atoms with van der Waals surface area (Å²) in [5.74, 6) is -0.126. The van der Waals surface area contributed by atoms with Crippen LogP contribution in [0.25, 0.3) is 10.2 Å². The Morgan fingerprint density at radius 1 is 1.11 bits per heavy atom. The van der Waals surface area contributed by atoms with Gasteiger partial charge in [-0.2, -0.15) is 0 Å². The Bertz CT molecular complexity index is 817. The quantitative estimate of drug-likeness (QED) is 0.604. The third kappa shape index (κ3) is 2.23. The molecule has 0 fully saturated rings. The fourth-order valence-electron chi connectivity index (χ4n) is 1.88. The van der Waals surface area contributed by atoms with Crippen LogP contribution in [0.4, 0.5) is 0 Å². The maximum Gasteiger partial charge on any atom is 0.264 e. The molecule has 0 aliphatic heterocycles. The van der Waals surface area contributed by atoms with E-state index < -0.39 is 0 Å². The molecule has 1 heterocycles. The summed E-state index contributed by atoms with van der Waals surface area (Å²) in [6.07, 6.45) is 0. The molecular formula is C14H8ClNOS2. The van der Waals surface area contributed by atoms with E-state index in [-0.39, 0.29) is 5.91 Å². The van der Waals surface area contributed by atoms with Crippen molar-refractivity contribution in [3.05, 3.63) is 63.1 Å². The highest BCUT2D eigenvalue weighted by molar-refractivity contribution is 7.73. The number of carbonyl (C=O) groups excluding carboxylic acids is 1. The Kier molecular flexibility index (Phi) is 3.22. The molecule has 3 aromatic rings. The van der Waals surface area contributed by atoms with Crippen LogP contribution in [0.5, 0.6) is 0 Å². The zero-order valence-electron chi connectivity index (χ0n) is 9.67. The molecule has 0 amide bonds. The number of rotatable bonds is 1. The minimum atomic E-state index is -0.126. The second-order valence-electron chi connectivity index (χ2n) is 3.98. The molecule has 0 spiro atoms. The summed E-state index contributed by atoms with van der Waals surface area (Å²) < 4.78 is 3.13. The van der Waals surface area contributed by atoms with Crippen LogP contribution in [0.2, 0.25) is 5.02 Å². The van der Waals surface area contributed by atoms with Gasteiger partial charge in [0, 0.05) is 10.6 Å². The van der Waals surface area contributed by atoms with Crippen LogP contribution < -0.4 is 0 Å². The van der Waals surface area contributed by atoms with Crippen LogP contribution in [0.1, 0.15) is 10.4 Å². The first-order valence-electron chi connectivity index (χ1n) is 5.58. The van der Waals surface area contributed by atoms with Crippen molar-refractivity contribution < 1.29 is 4.79 Å². The highest BCUT2D eigenvalue weighted by atomic mass is 35.5. The van der Waals surface area contributed by atoms with E-state index in [1.807, 2.05) is 24.3 Å². The summed E-state index contributed by atoms with van der Waals surface area (Å²) in [7, 11) is 0. The van der Waals surface area contributed by atoms with Crippen molar-refractivity contribution in [1.82, 2.24) is 4.57 Å². The Morgan fingerprint density at radius 2 is 1.79 bits per heavy atom. The monoisotopic (exact) mass is 305 g/mol. The number of thiazole rings is 1. The SMILES string of the molecule is O=C(c1ccc(Cl)cc1)n1c(=S)sc2ccccc21. The van der Waals surface area contributed by atoms with Gasteiger partial charge in [0.05, 0.1) is 10.2 Å². The van der Waals surface area contributed by atoms with Crippen LogP contribution in [0, 0.1) is 3.95 Å². The molecule has 94 valence electrons. The predicted molar refractivity (Wildman–Crippen MR) is 81.8 cm³/mol. The molecule has 0 unspecified atom stereocenters. The topological polar surface area (TPSA) is 22.0 Å². The number of carbonyl (C=O) groups is 1.